The Bertz CT molecular complexity index is 2780. The summed E-state index contributed by atoms with van der Waals surface area (Å²) in [5, 5.41) is 4.45. The highest BCUT2D eigenvalue weighted by Gasteiger charge is 2.20. The quantitative estimate of drug-likeness (QED) is 0.201. The van der Waals surface area contributed by atoms with Gasteiger partial charge in [-0.25, -0.2) is 0 Å². The summed E-state index contributed by atoms with van der Waals surface area (Å²) >= 11 is 0. The van der Waals surface area contributed by atoms with Gasteiger partial charge >= 0.3 is 0 Å². The monoisotopic (exact) mass is 601 g/mol. The summed E-state index contributed by atoms with van der Waals surface area (Å²) in [6.45, 7) is 0. The highest BCUT2D eigenvalue weighted by molar-refractivity contribution is 6.17. The number of hydrogen-bond donors (Lipinski definition) is 0. The van der Waals surface area contributed by atoms with Crippen molar-refractivity contribution in [1.82, 2.24) is 4.57 Å². The van der Waals surface area contributed by atoms with Crippen LogP contribution in [-0.4, -0.2) is 4.57 Å². The number of hydrogen-bond acceptors (Lipinski definition) is 2. The molecule has 0 saturated carbocycles. The Morgan fingerprint density at radius 2 is 0.957 bits per heavy atom. The van der Waals surface area contributed by atoms with Crippen molar-refractivity contribution >= 4 is 54.9 Å². The summed E-state index contributed by atoms with van der Waals surface area (Å²) < 4.78 is 15.4. The van der Waals surface area contributed by atoms with Crippen molar-refractivity contribution in [3.05, 3.63) is 164 Å². The highest BCUT2D eigenvalue weighted by atomic mass is 16.3. The lowest BCUT2D eigenvalue weighted by Gasteiger charge is -2.11. The highest BCUT2D eigenvalue weighted by Crippen LogP contribution is 2.42. The average molecular weight is 602 g/mol. The van der Waals surface area contributed by atoms with Crippen LogP contribution in [0.25, 0.3) is 94.0 Å². The van der Waals surface area contributed by atoms with Crippen LogP contribution in [0.2, 0.25) is 0 Å². The van der Waals surface area contributed by atoms with E-state index in [4.69, 9.17) is 8.83 Å². The molecule has 0 radical (unpaired) electrons. The van der Waals surface area contributed by atoms with Crippen LogP contribution >= 0.6 is 0 Å². The molecule has 0 fully saturated rings. The Kier molecular flexibility index (Phi) is 5.57. The molecular weight excluding hydrogens is 574 g/mol. The number of furan rings is 2. The number of nitrogens with zero attached hydrogens (tertiary/aromatic N) is 1. The van der Waals surface area contributed by atoms with Crippen molar-refractivity contribution in [3.8, 4) is 39.1 Å². The Balaban J connectivity index is 1.13. The van der Waals surface area contributed by atoms with E-state index >= 15 is 0 Å². The smallest absolute Gasteiger partial charge is 0.161 e. The molecule has 3 heteroatoms. The molecule has 10 aromatic rings. The second-order valence-corrected chi connectivity index (χ2v) is 12.1. The summed E-state index contributed by atoms with van der Waals surface area (Å²) in [5.74, 6) is 0. The molecule has 3 heterocycles. The van der Waals surface area contributed by atoms with Gasteiger partial charge in [-0.1, -0.05) is 103 Å². The molecule has 0 atom stereocenters. The van der Waals surface area contributed by atoms with Crippen LogP contribution in [0.4, 0.5) is 0 Å². The summed E-state index contributed by atoms with van der Waals surface area (Å²) in [7, 11) is 0. The van der Waals surface area contributed by atoms with Crippen molar-refractivity contribution in [2.75, 3.05) is 0 Å². The van der Waals surface area contributed by atoms with Crippen LogP contribution in [-0.2, 0) is 0 Å². The zero-order chi connectivity index (χ0) is 30.9. The summed E-state index contributed by atoms with van der Waals surface area (Å²) in [4.78, 5) is 0. The minimum absolute atomic E-state index is 0.880. The maximum absolute atomic E-state index is 6.55. The summed E-state index contributed by atoms with van der Waals surface area (Å²) in [6.07, 6.45) is 0. The Morgan fingerprint density at radius 1 is 0.362 bits per heavy atom. The Hall–Kier alpha value is -6.32. The van der Waals surface area contributed by atoms with Crippen molar-refractivity contribution in [2.45, 2.75) is 0 Å². The number of fused-ring (bicyclic) bond motifs is 8. The third kappa shape index (κ3) is 4.00. The van der Waals surface area contributed by atoms with Gasteiger partial charge in [0.15, 0.2) is 5.58 Å². The molecule has 3 nitrogen and oxygen atoms in total. The first-order chi connectivity index (χ1) is 23.3. The van der Waals surface area contributed by atoms with E-state index in [0.717, 1.165) is 88.4 Å². The topological polar surface area (TPSA) is 31.2 Å². The molecule has 3 aromatic heterocycles. The molecule has 0 aliphatic heterocycles. The lowest BCUT2D eigenvalue weighted by Crippen LogP contribution is -1.93. The lowest BCUT2D eigenvalue weighted by molar-refractivity contribution is 0.669. The average Bonchev–Trinajstić information content (AvgIpc) is 3.80. The molecule has 0 aliphatic carbocycles. The van der Waals surface area contributed by atoms with Crippen LogP contribution in [0.3, 0.4) is 0 Å². The first-order valence-corrected chi connectivity index (χ1v) is 15.9. The van der Waals surface area contributed by atoms with Crippen LogP contribution in [0.15, 0.2) is 173 Å². The van der Waals surface area contributed by atoms with Gasteiger partial charge in [0.05, 0.1) is 5.52 Å². The van der Waals surface area contributed by atoms with Gasteiger partial charge in [0, 0.05) is 27.2 Å². The van der Waals surface area contributed by atoms with E-state index in [1.54, 1.807) is 0 Å². The second kappa shape index (κ2) is 10.1. The van der Waals surface area contributed by atoms with Crippen molar-refractivity contribution in [3.63, 3.8) is 0 Å². The lowest BCUT2D eigenvalue weighted by atomic mass is 9.93. The fourth-order valence-corrected chi connectivity index (χ4v) is 7.22. The van der Waals surface area contributed by atoms with Crippen molar-refractivity contribution < 1.29 is 8.83 Å². The Morgan fingerprint density at radius 3 is 1.72 bits per heavy atom. The van der Waals surface area contributed by atoms with Crippen LogP contribution in [0.5, 0.6) is 0 Å². The molecule has 0 aliphatic rings. The zero-order valence-electron chi connectivity index (χ0n) is 25.4. The standard InChI is InChI=1S/C44H27NO2/c1-3-11-28(12-4-1)29-19-22-35-36-23-20-31(27-42(36)46-41(35)26-29)34-16-8-7-15-33(34)30-21-24-40-38(25-30)43-44(47-40)37-17-9-10-18-39(37)45(43)32-13-5-2-6-14-32/h1-27H. The minimum Gasteiger partial charge on any atom is -0.456 e. The van der Waals surface area contributed by atoms with Gasteiger partial charge < -0.3 is 13.4 Å². The zero-order valence-corrected chi connectivity index (χ0v) is 25.4. The molecule has 0 bridgehead atoms. The third-order valence-corrected chi connectivity index (χ3v) is 9.42. The summed E-state index contributed by atoms with van der Waals surface area (Å²) in [6, 6.07) is 57.7. The fraction of sp³-hybridized carbons (Fsp3) is 0. The molecule has 0 unspecified atom stereocenters. The molecular formula is C44H27NO2. The first kappa shape index (κ1) is 26.0. The van der Waals surface area contributed by atoms with Gasteiger partial charge in [0.25, 0.3) is 0 Å². The number of aromatic nitrogens is 1. The molecule has 47 heavy (non-hydrogen) atoms. The molecule has 0 N–H and O–H groups in total. The van der Waals surface area contributed by atoms with Crippen LogP contribution in [0, 0.1) is 0 Å². The van der Waals surface area contributed by atoms with Gasteiger partial charge in [-0.3, -0.25) is 0 Å². The maximum atomic E-state index is 6.55. The number of rotatable bonds is 4. The SMILES string of the molecule is c1ccc(-c2ccc3c(c2)oc2cc(-c4ccccc4-c4ccc5oc6c7ccccc7n(-c7ccccc7)c6c5c4)ccc23)cc1. The van der Waals surface area contributed by atoms with Crippen molar-refractivity contribution in [1.29, 1.82) is 0 Å². The van der Waals surface area contributed by atoms with E-state index in [2.05, 4.69) is 162 Å². The molecule has 10 rings (SSSR count). The van der Waals surface area contributed by atoms with Gasteiger partial charge in [-0.05, 0) is 94.0 Å². The van der Waals surface area contributed by atoms with E-state index in [0.29, 0.717) is 0 Å². The van der Waals surface area contributed by atoms with Crippen LogP contribution < -0.4 is 0 Å². The first-order valence-electron chi connectivity index (χ1n) is 15.9. The Labute approximate surface area is 270 Å². The molecule has 0 amide bonds. The number of para-hydroxylation sites is 2. The van der Waals surface area contributed by atoms with E-state index in [1.165, 1.54) is 5.56 Å². The largest absolute Gasteiger partial charge is 0.456 e. The van der Waals surface area contributed by atoms with Gasteiger partial charge in [0.1, 0.15) is 22.3 Å². The predicted molar refractivity (Wildman–Crippen MR) is 194 cm³/mol. The third-order valence-electron chi connectivity index (χ3n) is 9.42. The fourth-order valence-electron chi connectivity index (χ4n) is 7.22. The minimum atomic E-state index is 0.880. The predicted octanol–water partition coefficient (Wildman–Crippen LogP) is 12.4. The molecule has 0 spiro atoms. The van der Waals surface area contributed by atoms with E-state index in [-0.39, 0.29) is 0 Å². The van der Waals surface area contributed by atoms with Gasteiger partial charge in [-0.15, -0.1) is 0 Å². The maximum Gasteiger partial charge on any atom is 0.161 e. The summed E-state index contributed by atoms with van der Waals surface area (Å²) in [5.41, 5.74) is 13.8. The van der Waals surface area contributed by atoms with E-state index < -0.39 is 0 Å². The molecule has 0 saturated heterocycles. The molecule has 7 aromatic carbocycles. The second-order valence-electron chi connectivity index (χ2n) is 12.1. The van der Waals surface area contributed by atoms with Crippen molar-refractivity contribution in [2.24, 2.45) is 0 Å². The van der Waals surface area contributed by atoms with E-state index in [9.17, 15) is 0 Å². The van der Waals surface area contributed by atoms with E-state index in [1.807, 2.05) is 6.07 Å². The molecule has 220 valence electrons. The normalized spacial score (nSPS) is 11.8. The van der Waals surface area contributed by atoms with Gasteiger partial charge in [-0.2, -0.15) is 0 Å². The van der Waals surface area contributed by atoms with Gasteiger partial charge in [0.2, 0.25) is 0 Å². The van der Waals surface area contributed by atoms with Crippen LogP contribution in [0.1, 0.15) is 0 Å². The number of benzene rings is 7.